The molecule has 64 heavy (non-hydrogen) atoms. The number of hydrogen-bond acceptors (Lipinski definition) is 1. The zero-order chi connectivity index (χ0) is 42.1. The first kappa shape index (κ1) is 36.2. The molecule has 0 atom stereocenters. The van der Waals surface area contributed by atoms with Gasteiger partial charge in [0.2, 0.25) is 0 Å². The maximum atomic E-state index is 2.44. The quantitative estimate of drug-likeness (QED) is 0.156. The van der Waals surface area contributed by atoms with Crippen molar-refractivity contribution in [3.63, 3.8) is 0 Å². The standard InChI is InChI=1S/C62H40N2/c1-4-14-41(15-5-1)43-28-31-51(32-29-43)63(52-22-12-18-44(35-52)46-30-33-62-59(37-46)53-23-10-11-24-60(53)64(62)50-20-8-3-9-21-50)61-25-13-19-48-38-56-55-36-47-27-26-45(42-16-6-2-7-17-42)34-49(47)39-57(55)58(56)40-54(48)61/h1-40H. The number of hydrogen-bond donors (Lipinski definition) is 0. The number of fused-ring (bicyclic) bond motifs is 9. The monoisotopic (exact) mass is 812 g/mol. The molecule has 2 heteroatoms. The molecule has 12 aromatic rings. The van der Waals surface area contributed by atoms with Crippen LogP contribution >= 0.6 is 0 Å². The van der Waals surface area contributed by atoms with Gasteiger partial charge in [-0.1, -0.05) is 152 Å². The van der Waals surface area contributed by atoms with Crippen LogP contribution in [-0.2, 0) is 0 Å². The summed E-state index contributed by atoms with van der Waals surface area (Å²) in [6, 6.07) is 89.0. The molecule has 0 radical (unpaired) electrons. The van der Waals surface area contributed by atoms with E-state index in [0.29, 0.717) is 0 Å². The summed E-state index contributed by atoms with van der Waals surface area (Å²) in [6.07, 6.45) is 0. The van der Waals surface area contributed by atoms with Crippen LogP contribution in [0.15, 0.2) is 243 Å². The molecule has 1 aliphatic rings. The third kappa shape index (κ3) is 5.88. The van der Waals surface area contributed by atoms with Gasteiger partial charge in [0.1, 0.15) is 0 Å². The Hall–Kier alpha value is -8.46. The lowest BCUT2D eigenvalue weighted by Crippen LogP contribution is -2.11. The Morgan fingerprint density at radius 3 is 1.59 bits per heavy atom. The fraction of sp³-hybridized carbons (Fsp3) is 0. The molecule has 1 aromatic heterocycles. The topological polar surface area (TPSA) is 8.17 Å². The Kier molecular flexibility index (Phi) is 8.25. The van der Waals surface area contributed by atoms with Crippen molar-refractivity contribution in [2.45, 2.75) is 0 Å². The summed E-state index contributed by atoms with van der Waals surface area (Å²) in [6.45, 7) is 0. The van der Waals surface area contributed by atoms with Crippen LogP contribution in [0.3, 0.4) is 0 Å². The lowest BCUT2D eigenvalue weighted by Gasteiger charge is -2.30. The minimum atomic E-state index is 1.10. The SMILES string of the molecule is c1ccc(-c2ccc(N(c3cccc(-c4ccc5c(c4)c4ccccc4n5-c4ccccc4)c3)c3cccc4cc5c(cc34)-c3cc4cc(-c6ccccc6)ccc4cc3-5)cc2)cc1. The van der Waals surface area contributed by atoms with Gasteiger partial charge in [0, 0.05) is 33.2 Å². The van der Waals surface area contributed by atoms with E-state index in [1.54, 1.807) is 0 Å². The summed E-state index contributed by atoms with van der Waals surface area (Å²) in [5.41, 5.74) is 19.4. The van der Waals surface area contributed by atoms with Crippen LogP contribution in [0.1, 0.15) is 0 Å². The van der Waals surface area contributed by atoms with Gasteiger partial charge in [0.25, 0.3) is 0 Å². The van der Waals surface area contributed by atoms with Gasteiger partial charge in [-0.25, -0.2) is 0 Å². The highest BCUT2D eigenvalue weighted by Crippen LogP contribution is 2.52. The van der Waals surface area contributed by atoms with Crippen LogP contribution in [0.2, 0.25) is 0 Å². The molecule has 0 aliphatic heterocycles. The number of benzene rings is 11. The maximum Gasteiger partial charge on any atom is 0.0541 e. The Morgan fingerprint density at radius 1 is 0.266 bits per heavy atom. The van der Waals surface area contributed by atoms with E-state index in [9.17, 15) is 0 Å². The molecule has 2 nitrogen and oxygen atoms in total. The van der Waals surface area contributed by atoms with Gasteiger partial charge >= 0.3 is 0 Å². The van der Waals surface area contributed by atoms with Crippen LogP contribution in [0.5, 0.6) is 0 Å². The molecule has 0 fully saturated rings. The molecule has 1 aliphatic carbocycles. The summed E-state index contributed by atoms with van der Waals surface area (Å²) in [5.74, 6) is 0. The normalized spacial score (nSPS) is 11.8. The lowest BCUT2D eigenvalue weighted by molar-refractivity contribution is 1.18. The van der Waals surface area contributed by atoms with Crippen molar-refractivity contribution in [2.75, 3.05) is 4.90 Å². The second-order valence-corrected chi connectivity index (χ2v) is 16.9. The minimum absolute atomic E-state index is 1.10. The first-order valence-corrected chi connectivity index (χ1v) is 22.1. The minimum Gasteiger partial charge on any atom is -0.310 e. The molecule has 0 saturated carbocycles. The number of anilines is 3. The number of nitrogens with zero attached hydrogens (tertiary/aromatic N) is 2. The first-order chi connectivity index (χ1) is 31.7. The molecular formula is C62H40N2. The van der Waals surface area contributed by atoms with E-state index in [1.165, 1.54) is 99.0 Å². The predicted octanol–water partition coefficient (Wildman–Crippen LogP) is 17.2. The molecule has 11 aromatic carbocycles. The van der Waals surface area contributed by atoms with Crippen molar-refractivity contribution < 1.29 is 0 Å². The molecule has 0 spiro atoms. The second kappa shape index (κ2) is 14.6. The van der Waals surface area contributed by atoms with Gasteiger partial charge in [0.05, 0.1) is 16.7 Å². The smallest absolute Gasteiger partial charge is 0.0541 e. The predicted molar refractivity (Wildman–Crippen MR) is 271 cm³/mol. The van der Waals surface area contributed by atoms with E-state index in [1.807, 2.05) is 0 Å². The van der Waals surface area contributed by atoms with Crippen LogP contribution in [0, 0.1) is 0 Å². The summed E-state index contributed by atoms with van der Waals surface area (Å²) in [4.78, 5) is 2.44. The molecule has 0 bridgehead atoms. The molecule has 0 N–H and O–H groups in total. The van der Waals surface area contributed by atoms with Crippen molar-refractivity contribution in [3.05, 3.63) is 243 Å². The van der Waals surface area contributed by atoms with Gasteiger partial charge in [0.15, 0.2) is 0 Å². The third-order valence-electron chi connectivity index (χ3n) is 13.3. The fourth-order valence-electron chi connectivity index (χ4n) is 10.1. The van der Waals surface area contributed by atoms with E-state index in [4.69, 9.17) is 0 Å². The van der Waals surface area contributed by atoms with Crippen LogP contribution in [0.4, 0.5) is 17.1 Å². The van der Waals surface area contributed by atoms with Crippen LogP contribution in [0.25, 0.3) is 105 Å². The lowest BCUT2D eigenvalue weighted by atomic mass is 9.77. The molecular weight excluding hydrogens is 773 g/mol. The summed E-state index contributed by atoms with van der Waals surface area (Å²) < 4.78 is 2.38. The molecule has 298 valence electrons. The number of para-hydroxylation sites is 2. The average Bonchev–Trinajstić information content (AvgIpc) is 3.70. The van der Waals surface area contributed by atoms with Gasteiger partial charge in [-0.2, -0.15) is 0 Å². The van der Waals surface area contributed by atoms with E-state index in [2.05, 4.69) is 252 Å². The first-order valence-electron chi connectivity index (χ1n) is 22.1. The van der Waals surface area contributed by atoms with Gasteiger partial charge in [-0.15, -0.1) is 0 Å². The highest BCUT2D eigenvalue weighted by atomic mass is 15.1. The largest absolute Gasteiger partial charge is 0.310 e. The highest BCUT2D eigenvalue weighted by molar-refractivity contribution is 6.15. The highest BCUT2D eigenvalue weighted by Gasteiger charge is 2.26. The van der Waals surface area contributed by atoms with Crippen molar-refractivity contribution in [2.24, 2.45) is 0 Å². The van der Waals surface area contributed by atoms with E-state index in [0.717, 1.165) is 22.7 Å². The van der Waals surface area contributed by atoms with E-state index in [-0.39, 0.29) is 0 Å². The van der Waals surface area contributed by atoms with Crippen molar-refractivity contribution in [3.8, 4) is 61.3 Å². The Balaban J connectivity index is 0.952. The Labute approximate surface area is 372 Å². The van der Waals surface area contributed by atoms with Crippen molar-refractivity contribution in [1.29, 1.82) is 0 Å². The summed E-state index contributed by atoms with van der Waals surface area (Å²) in [5, 5.41) is 7.47. The zero-order valence-electron chi connectivity index (χ0n) is 35.0. The van der Waals surface area contributed by atoms with Crippen molar-refractivity contribution >= 4 is 60.4 Å². The molecule has 1 heterocycles. The second-order valence-electron chi connectivity index (χ2n) is 16.9. The molecule has 0 amide bonds. The van der Waals surface area contributed by atoms with Gasteiger partial charge < -0.3 is 9.47 Å². The Bertz CT molecular complexity index is 3750. The van der Waals surface area contributed by atoms with E-state index < -0.39 is 0 Å². The average molecular weight is 813 g/mol. The number of aromatic nitrogens is 1. The molecule has 0 unspecified atom stereocenters. The maximum absolute atomic E-state index is 2.44. The van der Waals surface area contributed by atoms with Crippen LogP contribution in [-0.4, -0.2) is 4.57 Å². The van der Waals surface area contributed by atoms with Gasteiger partial charge in [-0.05, 0) is 163 Å². The fourth-order valence-corrected chi connectivity index (χ4v) is 10.1. The zero-order valence-corrected chi connectivity index (χ0v) is 35.0. The molecule has 13 rings (SSSR count). The van der Waals surface area contributed by atoms with E-state index >= 15 is 0 Å². The van der Waals surface area contributed by atoms with Gasteiger partial charge in [-0.3, -0.25) is 0 Å². The third-order valence-corrected chi connectivity index (χ3v) is 13.3. The van der Waals surface area contributed by atoms with Crippen LogP contribution < -0.4 is 4.90 Å². The molecule has 0 saturated heterocycles. The summed E-state index contributed by atoms with van der Waals surface area (Å²) >= 11 is 0. The van der Waals surface area contributed by atoms with Crippen molar-refractivity contribution in [1.82, 2.24) is 4.57 Å². The Morgan fingerprint density at radius 2 is 0.812 bits per heavy atom. The summed E-state index contributed by atoms with van der Waals surface area (Å²) in [7, 11) is 0. The number of rotatable bonds is 7.